The number of hydrogen-bond acceptors (Lipinski definition) is 5. The molecule has 0 aromatic heterocycles. The molecular weight excluding hydrogens is 334 g/mol. The Morgan fingerprint density at radius 1 is 1.23 bits per heavy atom. The first kappa shape index (κ1) is 17.9. The van der Waals surface area contributed by atoms with Gasteiger partial charge in [-0.3, -0.25) is 14.9 Å². The van der Waals surface area contributed by atoms with Crippen LogP contribution in [-0.4, -0.2) is 37.1 Å². The Bertz CT molecular complexity index is 816. The first-order valence-electron chi connectivity index (χ1n) is 8.60. The van der Waals surface area contributed by atoms with E-state index in [1.54, 1.807) is 6.07 Å². The number of morpholine rings is 1. The molecule has 0 unspecified atom stereocenters. The van der Waals surface area contributed by atoms with Crippen LogP contribution in [0.25, 0.3) is 0 Å². The molecular formula is C19H21N3O4. The molecule has 2 aromatic carbocycles. The second kappa shape index (κ2) is 7.97. The molecule has 1 fully saturated rings. The molecule has 2 aromatic rings. The van der Waals surface area contributed by atoms with Gasteiger partial charge in [0.05, 0.1) is 29.4 Å². The number of hydrogen-bond donors (Lipinski definition) is 1. The van der Waals surface area contributed by atoms with Crippen LogP contribution in [0.5, 0.6) is 0 Å². The highest BCUT2D eigenvalue weighted by Crippen LogP contribution is 2.28. The van der Waals surface area contributed by atoms with Crippen LogP contribution in [0, 0.1) is 10.1 Å². The van der Waals surface area contributed by atoms with Crippen LogP contribution >= 0.6 is 0 Å². The molecule has 0 radical (unpaired) electrons. The molecule has 26 heavy (non-hydrogen) atoms. The SMILES string of the molecule is CCc1ccccc1NC(=O)c1cc([N+](=O)[O-])ccc1N1CCOCC1. The highest BCUT2D eigenvalue weighted by atomic mass is 16.6. The number of nitrogens with one attached hydrogen (secondary N) is 1. The summed E-state index contributed by atoms with van der Waals surface area (Å²) in [4.78, 5) is 25.6. The summed E-state index contributed by atoms with van der Waals surface area (Å²) in [6, 6.07) is 12.0. The lowest BCUT2D eigenvalue weighted by Crippen LogP contribution is -2.37. The van der Waals surface area contributed by atoms with E-state index in [0.29, 0.717) is 37.6 Å². The van der Waals surface area contributed by atoms with Crippen molar-refractivity contribution in [3.63, 3.8) is 0 Å². The largest absolute Gasteiger partial charge is 0.378 e. The van der Waals surface area contributed by atoms with Crippen molar-refractivity contribution in [2.24, 2.45) is 0 Å². The molecule has 1 saturated heterocycles. The fraction of sp³-hybridized carbons (Fsp3) is 0.316. The van der Waals surface area contributed by atoms with Crippen LogP contribution in [0.15, 0.2) is 42.5 Å². The predicted molar refractivity (Wildman–Crippen MR) is 99.9 cm³/mol. The van der Waals surface area contributed by atoms with E-state index < -0.39 is 4.92 Å². The highest BCUT2D eigenvalue weighted by Gasteiger charge is 2.22. The fourth-order valence-electron chi connectivity index (χ4n) is 3.04. The number of nitro groups is 1. The van der Waals surface area contributed by atoms with E-state index in [4.69, 9.17) is 4.74 Å². The van der Waals surface area contributed by atoms with Gasteiger partial charge < -0.3 is 15.0 Å². The van der Waals surface area contributed by atoms with E-state index in [2.05, 4.69) is 5.32 Å². The Hall–Kier alpha value is -2.93. The molecule has 1 aliphatic rings. The maximum Gasteiger partial charge on any atom is 0.270 e. The molecule has 0 spiro atoms. The van der Waals surface area contributed by atoms with Crippen LogP contribution in [0.1, 0.15) is 22.8 Å². The lowest BCUT2D eigenvalue weighted by Gasteiger charge is -2.30. The summed E-state index contributed by atoms with van der Waals surface area (Å²) in [5, 5.41) is 14.1. The van der Waals surface area contributed by atoms with E-state index in [9.17, 15) is 14.9 Å². The molecule has 0 saturated carbocycles. The van der Waals surface area contributed by atoms with Gasteiger partial charge in [-0.05, 0) is 24.1 Å². The minimum absolute atomic E-state index is 0.101. The first-order chi connectivity index (χ1) is 12.6. The van der Waals surface area contributed by atoms with E-state index in [1.165, 1.54) is 12.1 Å². The number of benzene rings is 2. The van der Waals surface area contributed by atoms with Crippen molar-refractivity contribution in [1.82, 2.24) is 0 Å². The Morgan fingerprint density at radius 3 is 2.65 bits per heavy atom. The fourth-order valence-corrected chi connectivity index (χ4v) is 3.04. The number of aryl methyl sites for hydroxylation is 1. The zero-order chi connectivity index (χ0) is 18.5. The quantitative estimate of drug-likeness (QED) is 0.657. The van der Waals surface area contributed by atoms with Crippen molar-refractivity contribution in [2.45, 2.75) is 13.3 Å². The third kappa shape index (κ3) is 3.83. The van der Waals surface area contributed by atoms with Crippen LogP contribution < -0.4 is 10.2 Å². The van der Waals surface area contributed by atoms with E-state index in [0.717, 1.165) is 17.7 Å². The summed E-state index contributed by atoms with van der Waals surface area (Å²) in [6.07, 6.45) is 0.779. The van der Waals surface area contributed by atoms with Gasteiger partial charge in [-0.25, -0.2) is 0 Å². The maximum absolute atomic E-state index is 12.9. The standard InChI is InChI=1S/C19H21N3O4/c1-2-14-5-3-4-6-17(14)20-19(23)16-13-15(22(24)25)7-8-18(16)21-9-11-26-12-10-21/h3-8,13H,2,9-12H2,1H3,(H,20,23). The topological polar surface area (TPSA) is 84.7 Å². The molecule has 0 aliphatic carbocycles. The number of amides is 1. The Kier molecular flexibility index (Phi) is 5.48. The number of para-hydroxylation sites is 1. The number of anilines is 2. The van der Waals surface area contributed by atoms with Crippen molar-refractivity contribution in [3.05, 3.63) is 63.7 Å². The monoisotopic (exact) mass is 355 g/mol. The molecule has 7 heteroatoms. The third-order valence-corrected chi connectivity index (χ3v) is 4.43. The van der Waals surface area contributed by atoms with Gasteiger partial charge in [-0.1, -0.05) is 25.1 Å². The molecule has 0 atom stereocenters. The molecule has 0 bridgehead atoms. The lowest BCUT2D eigenvalue weighted by atomic mass is 10.1. The summed E-state index contributed by atoms with van der Waals surface area (Å²) in [7, 11) is 0. The van der Waals surface area contributed by atoms with Crippen molar-refractivity contribution in [2.75, 3.05) is 36.5 Å². The second-order valence-electron chi connectivity index (χ2n) is 6.02. The zero-order valence-corrected chi connectivity index (χ0v) is 14.6. The molecule has 1 amide bonds. The average Bonchev–Trinajstić information content (AvgIpc) is 2.68. The summed E-state index contributed by atoms with van der Waals surface area (Å²) in [5.74, 6) is -0.351. The Labute approximate surface area is 151 Å². The van der Waals surface area contributed by atoms with Gasteiger partial charge in [-0.15, -0.1) is 0 Å². The molecule has 1 aliphatic heterocycles. The molecule has 7 nitrogen and oxygen atoms in total. The second-order valence-corrected chi connectivity index (χ2v) is 6.02. The van der Waals surface area contributed by atoms with Crippen LogP contribution in [0.2, 0.25) is 0 Å². The Morgan fingerprint density at radius 2 is 1.96 bits per heavy atom. The first-order valence-corrected chi connectivity index (χ1v) is 8.60. The average molecular weight is 355 g/mol. The van der Waals surface area contributed by atoms with Gasteiger partial charge >= 0.3 is 0 Å². The number of rotatable bonds is 5. The molecule has 1 heterocycles. The van der Waals surface area contributed by atoms with Gasteiger partial charge in [0.25, 0.3) is 11.6 Å². The van der Waals surface area contributed by atoms with Gasteiger partial charge in [0, 0.05) is 30.9 Å². The minimum atomic E-state index is -0.486. The van der Waals surface area contributed by atoms with Crippen LogP contribution in [-0.2, 0) is 11.2 Å². The van der Waals surface area contributed by atoms with Gasteiger partial charge in [0.1, 0.15) is 0 Å². The number of ether oxygens (including phenoxy) is 1. The predicted octanol–water partition coefficient (Wildman–Crippen LogP) is 3.25. The minimum Gasteiger partial charge on any atom is -0.378 e. The summed E-state index contributed by atoms with van der Waals surface area (Å²) in [6.45, 7) is 4.43. The van der Waals surface area contributed by atoms with E-state index >= 15 is 0 Å². The normalized spacial score (nSPS) is 14.1. The summed E-state index contributed by atoms with van der Waals surface area (Å²) in [5.41, 5.74) is 2.62. The zero-order valence-electron chi connectivity index (χ0n) is 14.6. The molecule has 136 valence electrons. The summed E-state index contributed by atoms with van der Waals surface area (Å²) < 4.78 is 5.36. The van der Waals surface area contributed by atoms with Gasteiger partial charge in [0.2, 0.25) is 0 Å². The maximum atomic E-state index is 12.9. The number of carbonyl (C=O) groups is 1. The number of non-ortho nitro benzene ring substituents is 1. The lowest BCUT2D eigenvalue weighted by molar-refractivity contribution is -0.384. The smallest absolute Gasteiger partial charge is 0.270 e. The van der Waals surface area contributed by atoms with Crippen molar-refractivity contribution >= 4 is 23.0 Å². The Balaban J connectivity index is 1.96. The van der Waals surface area contributed by atoms with Gasteiger partial charge in [-0.2, -0.15) is 0 Å². The number of carbonyl (C=O) groups excluding carboxylic acids is 1. The van der Waals surface area contributed by atoms with Crippen LogP contribution in [0.4, 0.5) is 17.1 Å². The van der Waals surface area contributed by atoms with E-state index in [1.807, 2.05) is 36.1 Å². The number of nitrogens with zero attached hydrogens (tertiary/aromatic N) is 2. The highest BCUT2D eigenvalue weighted by molar-refractivity contribution is 6.09. The molecule has 1 N–H and O–H groups in total. The summed E-state index contributed by atoms with van der Waals surface area (Å²) >= 11 is 0. The van der Waals surface area contributed by atoms with Crippen molar-refractivity contribution < 1.29 is 14.5 Å². The van der Waals surface area contributed by atoms with Crippen molar-refractivity contribution in [3.8, 4) is 0 Å². The third-order valence-electron chi connectivity index (χ3n) is 4.43. The van der Waals surface area contributed by atoms with Crippen molar-refractivity contribution in [1.29, 1.82) is 0 Å². The molecule has 3 rings (SSSR count). The van der Waals surface area contributed by atoms with Crippen LogP contribution in [0.3, 0.4) is 0 Å². The van der Waals surface area contributed by atoms with Gasteiger partial charge in [0.15, 0.2) is 0 Å². The number of nitro benzene ring substituents is 1. The van der Waals surface area contributed by atoms with E-state index in [-0.39, 0.29) is 11.6 Å².